The van der Waals surface area contributed by atoms with Gasteiger partial charge in [-0.15, -0.1) is 0 Å². The van der Waals surface area contributed by atoms with Crippen molar-refractivity contribution in [3.05, 3.63) is 65.2 Å². The first-order valence-corrected chi connectivity index (χ1v) is 10.3. The van der Waals surface area contributed by atoms with Crippen LogP contribution in [-0.4, -0.2) is 43.3 Å². The van der Waals surface area contributed by atoms with Crippen molar-refractivity contribution < 1.29 is 5.11 Å². The van der Waals surface area contributed by atoms with E-state index in [1.54, 1.807) is 6.07 Å². The minimum atomic E-state index is -0.718. The monoisotopic (exact) mass is 400 g/mol. The van der Waals surface area contributed by atoms with E-state index in [1.165, 1.54) is 5.69 Å². The number of aliphatic hydroxyl groups excluding tert-OH is 1. The molecule has 1 saturated heterocycles. The molecule has 0 radical (unpaired) electrons. The van der Waals surface area contributed by atoms with E-state index >= 15 is 0 Å². The number of guanidine groups is 1. The molecular weight excluding hydrogens is 372 g/mol. The van der Waals surface area contributed by atoms with E-state index < -0.39 is 6.10 Å². The minimum Gasteiger partial charge on any atom is -0.386 e. The van der Waals surface area contributed by atoms with Crippen LogP contribution in [0.5, 0.6) is 0 Å². The van der Waals surface area contributed by atoms with E-state index in [9.17, 15) is 5.11 Å². The quantitative estimate of drug-likeness (QED) is 0.512. The molecule has 0 aliphatic carbocycles. The largest absolute Gasteiger partial charge is 0.386 e. The zero-order chi connectivity index (χ0) is 19.8. The molecule has 6 heteroatoms. The molecule has 0 aromatic heterocycles. The van der Waals surface area contributed by atoms with Crippen LogP contribution in [0.2, 0.25) is 5.02 Å². The molecular formula is C22H29ClN4O. The Morgan fingerprint density at radius 1 is 1.14 bits per heavy atom. The van der Waals surface area contributed by atoms with E-state index in [-0.39, 0.29) is 6.54 Å². The predicted octanol–water partition coefficient (Wildman–Crippen LogP) is 3.60. The Hall–Kier alpha value is -2.24. The van der Waals surface area contributed by atoms with E-state index in [1.807, 2.05) is 31.2 Å². The number of rotatable bonds is 6. The minimum absolute atomic E-state index is 0.266. The fourth-order valence-corrected chi connectivity index (χ4v) is 3.72. The zero-order valence-corrected chi connectivity index (χ0v) is 17.1. The molecule has 2 aromatic carbocycles. The molecule has 0 saturated carbocycles. The molecule has 3 N–H and O–H groups in total. The standard InChI is InChI=1S/C22H29ClN4O/c1-2-24-22(25-16-21(28)19-10-6-7-11-20(19)23)26-17-12-14-27(15-13-17)18-8-4-3-5-9-18/h3-11,17,21,28H,2,12-16H2,1H3,(H2,24,25,26). The van der Waals surface area contributed by atoms with Gasteiger partial charge in [-0.1, -0.05) is 48.0 Å². The predicted molar refractivity (Wildman–Crippen MR) is 117 cm³/mol. The van der Waals surface area contributed by atoms with Crippen LogP contribution in [0.3, 0.4) is 0 Å². The smallest absolute Gasteiger partial charge is 0.191 e. The molecule has 1 aliphatic heterocycles. The van der Waals surface area contributed by atoms with E-state index in [4.69, 9.17) is 11.6 Å². The number of hydrogen-bond acceptors (Lipinski definition) is 3. The lowest BCUT2D eigenvalue weighted by atomic mass is 10.0. The highest BCUT2D eigenvalue weighted by Gasteiger charge is 2.20. The van der Waals surface area contributed by atoms with Gasteiger partial charge in [-0.05, 0) is 38.0 Å². The number of nitrogens with zero attached hydrogens (tertiary/aromatic N) is 2. The molecule has 1 unspecified atom stereocenters. The van der Waals surface area contributed by atoms with Gasteiger partial charge in [0.2, 0.25) is 0 Å². The molecule has 1 aliphatic rings. The number of anilines is 1. The second-order valence-electron chi connectivity index (χ2n) is 7.00. The van der Waals surface area contributed by atoms with Crippen molar-refractivity contribution >= 4 is 23.2 Å². The molecule has 3 rings (SSSR count). The van der Waals surface area contributed by atoms with Gasteiger partial charge >= 0.3 is 0 Å². The van der Waals surface area contributed by atoms with Crippen LogP contribution in [0, 0.1) is 0 Å². The maximum atomic E-state index is 10.4. The van der Waals surface area contributed by atoms with Crippen molar-refractivity contribution in [1.29, 1.82) is 0 Å². The maximum absolute atomic E-state index is 10.4. The molecule has 28 heavy (non-hydrogen) atoms. The van der Waals surface area contributed by atoms with E-state index in [0.29, 0.717) is 16.6 Å². The van der Waals surface area contributed by atoms with Crippen LogP contribution in [0.15, 0.2) is 59.6 Å². The van der Waals surface area contributed by atoms with Crippen molar-refractivity contribution in [3.8, 4) is 0 Å². The molecule has 150 valence electrons. The highest BCUT2D eigenvalue weighted by Crippen LogP contribution is 2.23. The summed E-state index contributed by atoms with van der Waals surface area (Å²) in [7, 11) is 0. The Morgan fingerprint density at radius 2 is 1.82 bits per heavy atom. The van der Waals surface area contributed by atoms with Gasteiger partial charge in [-0.3, -0.25) is 4.99 Å². The average molecular weight is 401 g/mol. The highest BCUT2D eigenvalue weighted by atomic mass is 35.5. The van der Waals surface area contributed by atoms with Gasteiger partial charge in [0.1, 0.15) is 6.10 Å². The number of nitrogens with one attached hydrogen (secondary N) is 2. The number of aliphatic hydroxyl groups is 1. The molecule has 0 bridgehead atoms. The first-order valence-electron chi connectivity index (χ1n) is 9.94. The number of halogens is 1. The van der Waals surface area contributed by atoms with Crippen LogP contribution in [0.1, 0.15) is 31.4 Å². The molecule has 1 atom stereocenters. The van der Waals surface area contributed by atoms with Crippen molar-refractivity contribution in [3.63, 3.8) is 0 Å². The van der Waals surface area contributed by atoms with Crippen LogP contribution in [0.4, 0.5) is 5.69 Å². The first-order chi connectivity index (χ1) is 13.7. The summed E-state index contributed by atoms with van der Waals surface area (Å²) in [5, 5.41) is 17.8. The van der Waals surface area contributed by atoms with Crippen LogP contribution in [-0.2, 0) is 0 Å². The van der Waals surface area contributed by atoms with Crippen molar-refractivity contribution in [2.45, 2.75) is 31.9 Å². The van der Waals surface area contributed by atoms with Gasteiger partial charge < -0.3 is 20.6 Å². The third-order valence-corrected chi connectivity index (χ3v) is 5.33. The van der Waals surface area contributed by atoms with Gasteiger partial charge in [-0.25, -0.2) is 0 Å². The Balaban J connectivity index is 1.54. The Labute approximate surface area is 172 Å². The Morgan fingerprint density at radius 3 is 2.50 bits per heavy atom. The lowest BCUT2D eigenvalue weighted by Crippen LogP contribution is -2.48. The number of aliphatic imine (C=N–C) groups is 1. The van der Waals surface area contributed by atoms with Crippen molar-refractivity contribution in [2.24, 2.45) is 4.99 Å². The van der Waals surface area contributed by atoms with Crippen LogP contribution < -0.4 is 15.5 Å². The zero-order valence-electron chi connectivity index (χ0n) is 16.3. The summed E-state index contributed by atoms with van der Waals surface area (Å²) in [5.74, 6) is 0.742. The summed E-state index contributed by atoms with van der Waals surface area (Å²) in [4.78, 5) is 6.99. The number of piperidine rings is 1. The second kappa shape index (κ2) is 10.3. The molecule has 2 aromatic rings. The van der Waals surface area contributed by atoms with Gasteiger partial charge in [-0.2, -0.15) is 0 Å². The van der Waals surface area contributed by atoms with Gasteiger partial charge in [0.25, 0.3) is 0 Å². The third kappa shape index (κ3) is 5.63. The second-order valence-corrected chi connectivity index (χ2v) is 7.41. The SMILES string of the molecule is CCNC(=NCC(O)c1ccccc1Cl)NC1CCN(c2ccccc2)CC1. The van der Waals surface area contributed by atoms with Crippen LogP contribution >= 0.6 is 11.6 Å². The topological polar surface area (TPSA) is 59.9 Å². The van der Waals surface area contributed by atoms with Gasteiger partial charge in [0.05, 0.1) is 6.54 Å². The summed E-state index contributed by atoms with van der Waals surface area (Å²) >= 11 is 6.17. The Bertz CT molecular complexity index is 760. The molecule has 0 amide bonds. The summed E-state index contributed by atoms with van der Waals surface area (Å²) in [6.45, 7) is 5.12. The lowest BCUT2D eigenvalue weighted by Gasteiger charge is -2.34. The van der Waals surface area contributed by atoms with E-state index in [2.05, 4.69) is 44.8 Å². The molecule has 1 fully saturated rings. The normalized spacial score (nSPS) is 16.7. The fourth-order valence-electron chi connectivity index (χ4n) is 3.46. The number of para-hydroxylation sites is 1. The maximum Gasteiger partial charge on any atom is 0.191 e. The fraction of sp³-hybridized carbons (Fsp3) is 0.409. The first kappa shape index (κ1) is 20.5. The average Bonchev–Trinajstić information content (AvgIpc) is 2.73. The lowest BCUT2D eigenvalue weighted by molar-refractivity contribution is 0.187. The summed E-state index contributed by atoms with van der Waals surface area (Å²) in [6.07, 6.45) is 1.38. The van der Waals surface area contributed by atoms with Gasteiger partial charge in [0.15, 0.2) is 5.96 Å². The van der Waals surface area contributed by atoms with Gasteiger partial charge in [0, 0.05) is 41.9 Å². The summed E-state index contributed by atoms with van der Waals surface area (Å²) in [5.41, 5.74) is 1.99. The molecule has 0 spiro atoms. The van der Waals surface area contributed by atoms with Crippen molar-refractivity contribution in [2.75, 3.05) is 31.1 Å². The number of hydrogen-bond donors (Lipinski definition) is 3. The van der Waals surface area contributed by atoms with Crippen molar-refractivity contribution in [1.82, 2.24) is 10.6 Å². The molecule has 1 heterocycles. The van der Waals surface area contributed by atoms with E-state index in [0.717, 1.165) is 38.4 Å². The molecule has 5 nitrogen and oxygen atoms in total. The highest BCUT2D eigenvalue weighted by molar-refractivity contribution is 6.31. The summed E-state index contributed by atoms with van der Waals surface area (Å²) in [6, 6.07) is 18.3. The third-order valence-electron chi connectivity index (χ3n) is 4.99. The Kier molecular flexibility index (Phi) is 7.57. The van der Waals surface area contributed by atoms with Crippen LogP contribution in [0.25, 0.3) is 0 Å². The summed E-state index contributed by atoms with van der Waals surface area (Å²) < 4.78 is 0. The number of benzene rings is 2.